The van der Waals surface area contributed by atoms with Gasteiger partial charge in [0.2, 0.25) is 0 Å². The van der Waals surface area contributed by atoms with Crippen LogP contribution in [0, 0.1) is 20.8 Å². The summed E-state index contributed by atoms with van der Waals surface area (Å²) >= 11 is 0. The van der Waals surface area contributed by atoms with Gasteiger partial charge in [0.05, 0.1) is 0 Å². The zero-order valence-corrected chi connectivity index (χ0v) is 13.3. The van der Waals surface area contributed by atoms with E-state index in [1.807, 2.05) is 0 Å². The number of aryl methyl sites for hydroxylation is 3. The number of piperidine rings is 1. The number of nitrogens with zero attached hydrogens (tertiary/aromatic N) is 1. The summed E-state index contributed by atoms with van der Waals surface area (Å²) in [6.07, 6.45) is 2.51. The molecule has 0 aromatic heterocycles. The Labute approximate surface area is 118 Å². The van der Waals surface area contributed by atoms with Gasteiger partial charge in [-0.1, -0.05) is 17.7 Å². The summed E-state index contributed by atoms with van der Waals surface area (Å²) < 4.78 is 0. The second-order valence-corrected chi connectivity index (χ2v) is 6.69. The predicted molar refractivity (Wildman–Crippen MR) is 84.2 cm³/mol. The molecule has 2 heteroatoms. The van der Waals surface area contributed by atoms with Crippen LogP contribution in [0.5, 0.6) is 0 Å². The number of nitrogens with one attached hydrogen (secondary N) is 1. The fourth-order valence-electron chi connectivity index (χ4n) is 3.45. The Morgan fingerprint density at radius 3 is 2.26 bits per heavy atom. The summed E-state index contributed by atoms with van der Waals surface area (Å²) in [7, 11) is 2.08. The Bertz CT molecular complexity index is 439. The molecule has 0 spiro atoms. The van der Waals surface area contributed by atoms with E-state index in [-0.39, 0.29) is 5.54 Å². The molecule has 19 heavy (non-hydrogen) atoms. The minimum Gasteiger partial charge on any atom is -0.364 e. The quantitative estimate of drug-likeness (QED) is 0.874. The minimum atomic E-state index is 0.248. The molecule has 0 amide bonds. The van der Waals surface area contributed by atoms with Gasteiger partial charge >= 0.3 is 0 Å². The summed E-state index contributed by atoms with van der Waals surface area (Å²) in [5.74, 6) is 0. The highest BCUT2D eigenvalue weighted by molar-refractivity contribution is 5.62. The Kier molecular flexibility index (Phi) is 3.91. The summed E-state index contributed by atoms with van der Waals surface area (Å²) in [6.45, 7) is 12.5. The summed E-state index contributed by atoms with van der Waals surface area (Å²) in [5.41, 5.74) is 5.86. The van der Waals surface area contributed by atoms with Crippen LogP contribution in [0.25, 0.3) is 0 Å². The Hall–Kier alpha value is -1.02. The molecule has 1 atom stereocenters. The highest BCUT2D eigenvalue weighted by Crippen LogP contribution is 2.36. The predicted octanol–water partition coefficient (Wildman–Crippen LogP) is 3.58. The van der Waals surface area contributed by atoms with E-state index in [1.54, 1.807) is 0 Å². The average molecular weight is 260 g/mol. The molecule has 1 aromatic carbocycles. The van der Waals surface area contributed by atoms with Crippen LogP contribution in [0.3, 0.4) is 0 Å². The van der Waals surface area contributed by atoms with Crippen molar-refractivity contribution in [2.24, 2.45) is 0 Å². The van der Waals surface area contributed by atoms with Gasteiger partial charge in [0.15, 0.2) is 0 Å². The maximum Gasteiger partial charge on any atom is 0.0430 e. The zero-order valence-electron chi connectivity index (χ0n) is 13.3. The Balaban J connectivity index is 2.43. The summed E-state index contributed by atoms with van der Waals surface area (Å²) in [5, 5.41) is 3.45. The van der Waals surface area contributed by atoms with Gasteiger partial charge in [-0.25, -0.2) is 0 Å². The molecule has 1 aliphatic rings. The molecule has 1 saturated heterocycles. The zero-order chi connectivity index (χ0) is 14.2. The molecule has 1 heterocycles. The van der Waals surface area contributed by atoms with Crippen molar-refractivity contribution in [1.82, 2.24) is 5.32 Å². The van der Waals surface area contributed by atoms with Crippen molar-refractivity contribution in [3.8, 4) is 0 Å². The van der Waals surface area contributed by atoms with Crippen molar-refractivity contribution < 1.29 is 0 Å². The number of benzene rings is 1. The van der Waals surface area contributed by atoms with Gasteiger partial charge in [-0.15, -0.1) is 0 Å². The number of rotatable bonds is 2. The smallest absolute Gasteiger partial charge is 0.0430 e. The molecular formula is C17H28N2. The normalized spacial score (nSPS) is 22.6. The van der Waals surface area contributed by atoms with Crippen molar-refractivity contribution in [1.29, 1.82) is 0 Å². The molecule has 1 aromatic rings. The maximum atomic E-state index is 3.45. The molecule has 0 saturated carbocycles. The molecule has 1 aliphatic heterocycles. The van der Waals surface area contributed by atoms with Crippen molar-refractivity contribution in [2.75, 3.05) is 18.5 Å². The minimum absolute atomic E-state index is 0.248. The van der Waals surface area contributed by atoms with E-state index >= 15 is 0 Å². The molecule has 2 rings (SSSR count). The van der Waals surface area contributed by atoms with Crippen molar-refractivity contribution in [3.63, 3.8) is 0 Å². The number of hydrogen-bond donors (Lipinski definition) is 1. The standard InChI is InChI=1S/C17H28N2/c1-12-9-13(2)16(14(3)10-12)19-11-15(18-6)7-8-17(19,4)5/h9-10,15,18H,7-8,11H2,1-6H3. The highest BCUT2D eigenvalue weighted by atomic mass is 15.2. The van der Waals surface area contributed by atoms with E-state index in [0.29, 0.717) is 6.04 Å². The van der Waals surface area contributed by atoms with Gasteiger partial charge in [-0.2, -0.15) is 0 Å². The topological polar surface area (TPSA) is 15.3 Å². The lowest BCUT2D eigenvalue weighted by Gasteiger charge is -2.48. The molecule has 1 fully saturated rings. The molecule has 1 unspecified atom stereocenters. The number of anilines is 1. The van der Waals surface area contributed by atoms with E-state index in [1.165, 1.54) is 35.2 Å². The van der Waals surface area contributed by atoms with E-state index in [9.17, 15) is 0 Å². The van der Waals surface area contributed by atoms with Gasteiger partial charge in [0.1, 0.15) is 0 Å². The van der Waals surface area contributed by atoms with Crippen LogP contribution in [0.15, 0.2) is 12.1 Å². The second kappa shape index (κ2) is 5.16. The van der Waals surface area contributed by atoms with E-state index in [2.05, 4.69) is 64.0 Å². The molecule has 2 nitrogen and oxygen atoms in total. The Morgan fingerprint density at radius 2 is 1.74 bits per heavy atom. The first-order chi connectivity index (χ1) is 8.85. The second-order valence-electron chi connectivity index (χ2n) is 6.69. The third-order valence-electron chi connectivity index (χ3n) is 4.55. The third kappa shape index (κ3) is 2.79. The van der Waals surface area contributed by atoms with Crippen LogP contribution >= 0.6 is 0 Å². The van der Waals surface area contributed by atoms with Gasteiger partial charge in [-0.05, 0) is 65.6 Å². The first-order valence-electron chi connectivity index (χ1n) is 7.38. The molecule has 0 aliphatic carbocycles. The van der Waals surface area contributed by atoms with Gasteiger partial charge < -0.3 is 10.2 Å². The van der Waals surface area contributed by atoms with Crippen LogP contribution in [-0.2, 0) is 0 Å². The van der Waals surface area contributed by atoms with Crippen molar-refractivity contribution in [2.45, 2.75) is 59.0 Å². The monoisotopic (exact) mass is 260 g/mol. The molecule has 106 valence electrons. The van der Waals surface area contributed by atoms with Crippen LogP contribution in [0.2, 0.25) is 0 Å². The van der Waals surface area contributed by atoms with E-state index in [0.717, 1.165) is 6.54 Å². The highest BCUT2D eigenvalue weighted by Gasteiger charge is 2.35. The first-order valence-corrected chi connectivity index (χ1v) is 7.38. The molecular weight excluding hydrogens is 232 g/mol. The lowest BCUT2D eigenvalue weighted by Crippen LogP contribution is -2.55. The van der Waals surface area contributed by atoms with Crippen LogP contribution in [0.4, 0.5) is 5.69 Å². The molecule has 1 N–H and O–H groups in total. The van der Waals surface area contributed by atoms with Crippen LogP contribution in [0.1, 0.15) is 43.4 Å². The van der Waals surface area contributed by atoms with E-state index < -0.39 is 0 Å². The van der Waals surface area contributed by atoms with Gasteiger partial charge in [-0.3, -0.25) is 0 Å². The van der Waals surface area contributed by atoms with Crippen molar-refractivity contribution in [3.05, 3.63) is 28.8 Å². The number of likely N-dealkylation sites (N-methyl/N-ethyl adjacent to an activating group) is 1. The fourth-order valence-corrected chi connectivity index (χ4v) is 3.45. The summed E-state index contributed by atoms with van der Waals surface area (Å²) in [6, 6.07) is 5.22. The largest absolute Gasteiger partial charge is 0.364 e. The van der Waals surface area contributed by atoms with Gasteiger partial charge in [0, 0.05) is 23.8 Å². The first kappa shape index (κ1) is 14.4. The maximum absolute atomic E-state index is 3.45. The Morgan fingerprint density at radius 1 is 1.16 bits per heavy atom. The van der Waals surface area contributed by atoms with Crippen molar-refractivity contribution >= 4 is 5.69 Å². The number of hydrogen-bond acceptors (Lipinski definition) is 2. The SMILES string of the molecule is CNC1CCC(C)(C)N(c2c(C)cc(C)cc2C)C1. The average Bonchev–Trinajstić information content (AvgIpc) is 2.30. The lowest BCUT2D eigenvalue weighted by atomic mass is 9.86. The van der Waals surface area contributed by atoms with Gasteiger partial charge in [0.25, 0.3) is 0 Å². The van der Waals surface area contributed by atoms with Crippen LogP contribution in [-0.4, -0.2) is 25.2 Å². The van der Waals surface area contributed by atoms with Crippen LogP contribution < -0.4 is 10.2 Å². The molecule has 0 bridgehead atoms. The summed E-state index contributed by atoms with van der Waals surface area (Å²) in [4.78, 5) is 2.61. The lowest BCUT2D eigenvalue weighted by molar-refractivity contribution is 0.313. The third-order valence-corrected chi connectivity index (χ3v) is 4.55. The molecule has 0 radical (unpaired) electrons. The fraction of sp³-hybridized carbons (Fsp3) is 0.647. The van der Waals surface area contributed by atoms with E-state index in [4.69, 9.17) is 0 Å².